The third-order valence-electron chi connectivity index (χ3n) is 4.97. The number of thiocarbonyl (C=S) groups is 1. The molecule has 8 heteroatoms. The van der Waals surface area contributed by atoms with Crippen molar-refractivity contribution >= 4 is 35.1 Å². The zero-order valence-electron chi connectivity index (χ0n) is 14.2. The molecule has 1 fully saturated rings. The monoisotopic (exact) mass is 381 g/mol. The van der Waals surface area contributed by atoms with E-state index in [2.05, 4.69) is 10.2 Å². The Hall–Kier alpha value is -1.54. The van der Waals surface area contributed by atoms with Crippen molar-refractivity contribution in [2.24, 2.45) is 5.92 Å². The lowest BCUT2D eigenvalue weighted by Crippen LogP contribution is -2.54. The first-order valence-electron chi connectivity index (χ1n) is 8.46. The molecule has 0 amide bonds. The zero-order chi connectivity index (χ0) is 18.0. The summed E-state index contributed by atoms with van der Waals surface area (Å²) in [6.07, 6.45) is 3.55. The van der Waals surface area contributed by atoms with Gasteiger partial charge in [-0.3, -0.25) is 4.79 Å². The Morgan fingerprint density at radius 2 is 2.24 bits per heavy atom. The topological polar surface area (TPSA) is 74.6 Å². The van der Waals surface area contributed by atoms with Crippen LogP contribution in [0.15, 0.2) is 23.0 Å². The first-order chi connectivity index (χ1) is 12.0. The van der Waals surface area contributed by atoms with E-state index >= 15 is 0 Å². The second-order valence-electron chi connectivity index (χ2n) is 6.72. The summed E-state index contributed by atoms with van der Waals surface area (Å²) >= 11 is 7.12. The van der Waals surface area contributed by atoms with Gasteiger partial charge in [0.15, 0.2) is 5.11 Å². The molecule has 2 N–H and O–H groups in total. The number of pyridine rings is 1. The molecule has 1 saturated heterocycles. The van der Waals surface area contributed by atoms with Crippen LogP contribution in [0.3, 0.4) is 0 Å². The molecule has 1 aromatic heterocycles. The van der Waals surface area contributed by atoms with Crippen LogP contribution in [0.4, 0.5) is 0 Å². The first-order valence-corrected chi connectivity index (χ1v) is 10.3. The lowest BCUT2D eigenvalue weighted by molar-refractivity contribution is -0.139. The first kappa shape index (κ1) is 18.3. The number of carboxylic acid groups (broad SMARTS) is 1. The molecule has 136 valence electrons. The van der Waals surface area contributed by atoms with Gasteiger partial charge in [0.25, 0.3) is 5.56 Å². The minimum Gasteiger partial charge on any atom is -0.480 e. The lowest BCUT2D eigenvalue weighted by Gasteiger charge is -2.44. The molecule has 0 spiro atoms. The van der Waals surface area contributed by atoms with Gasteiger partial charge in [-0.25, -0.2) is 4.79 Å². The van der Waals surface area contributed by atoms with E-state index in [-0.39, 0.29) is 11.5 Å². The summed E-state index contributed by atoms with van der Waals surface area (Å²) in [5.41, 5.74) is 1.12. The molecule has 1 aromatic rings. The lowest BCUT2D eigenvalue weighted by atomic mass is 9.83. The highest BCUT2D eigenvalue weighted by atomic mass is 32.2. The normalized spacial score (nSPS) is 22.8. The predicted octanol–water partition coefficient (Wildman–Crippen LogP) is 1.35. The number of aromatic nitrogens is 1. The average Bonchev–Trinajstić information content (AvgIpc) is 2.59. The van der Waals surface area contributed by atoms with Crippen molar-refractivity contribution in [3.63, 3.8) is 0 Å². The number of aliphatic carboxylic acids is 1. The van der Waals surface area contributed by atoms with Crippen molar-refractivity contribution < 1.29 is 9.90 Å². The van der Waals surface area contributed by atoms with E-state index in [0.29, 0.717) is 24.0 Å². The van der Waals surface area contributed by atoms with Crippen molar-refractivity contribution in [1.82, 2.24) is 14.8 Å². The maximum atomic E-state index is 12.1. The second kappa shape index (κ2) is 7.78. The largest absolute Gasteiger partial charge is 0.480 e. The highest BCUT2D eigenvalue weighted by Gasteiger charge is 2.35. The molecule has 6 nitrogen and oxygen atoms in total. The molecule has 2 aliphatic rings. The number of carboxylic acids is 1. The standard InChI is InChI=1S/C17H23N3O3S2/c1-25-6-5-13(16(22)23)18-17(24)19-8-11-7-12(10-19)14-3-2-4-15(21)20(14)9-11/h2-4,11-13H,5-10H2,1H3,(H,18,24)(H,22,23)/t11-,12+,13-/m0/s1. The number of rotatable bonds is 5. The highest BCUT2D eigenvalue weighted by molar-refractivity contribution is 7.98. The molecule has 3 heterocycles. The summed E-state index contributed by atoms with van der Waals surface area (Å²) in [5, 5.41) is 12.9. The smallest absolute Gasteiger partial charge is 0.326 e. The molecule has 0 aliphatic carbocycles. The van der Waals surface area contributed by atoms with Gasteiger partial charge < -0.3 is 19.9 Å². The van der Waals surface area contributed by atoms with Crippen LogP contribution in [0.25, 0.3) is 0 Å². The van der Waals surface area contributed by atoms with E-state index < -0.39 is 12.0 Å². The zero-order valence-corrected chi connectivity index (χ0v) is 15.8. The van der Waals surface area contributed by atoms with Gasteiger partial charge in [0.2, 0.25) is 0 Å². The Balaban J connectivity index is 1.70. The molecule has 0 unspecified atom stereocenters. The summed E-state index contributed by atoms with van der Waals surface area (Å²) in [6.45, 7) is 2.19. The molecule has 25 heavy (non-hydrogen) atoms. The number of piperidine rings is 1. The number of hydrogen-bond donors (Lipinski definition) is 2. The molecule has 3 atom stereocenters. The van der Waals surface area contributed by atoms with Crippen molar-refractivity contribution in [2.45, 2.75) is 31.3 Å². The summed E-state index contributed by atoms with van der Waals surface area (Å²) in [5.74, 6) is 0.524. The minimum atomic E-state index is -0.870. The van der Waals surface area contributed by atoms with E-state index in [4.69, 9.17) is 12.2 Å². The highest BCUT2D eigenvalue weighted by Crippen LogP contribution is 2.34. The summed E-state index contributed by atoms with van der Waals surface area (Å²) in [4.78, 5) is 25.6. The molecule has 0 radical (unpaired) electrons. The number of hydrogen-bond acceptors (Lipinski definition) is 4. The van der Waals surface area contributed by atoms with Crippen LogP contribution in [-0.2, 0) is 11.3 Å². The van der Waals surface area contributed by atoms with Gasteiger partial charge in [0, 0.05) is 37.3 Å². The van der Waals surface area contributed by atoms with Gasteiger partial charge in [0.05, 0.1) is 0 Å². The average molecular weight is 382 g/mol. The molecule has 0 aromatic carbocycles. The van der Waals surface area contributed by atoms with Crippen LogP contribution >= 0.6 is 24.0 Å². The van der Waals surface area contributed by atoms with Gasteiger partial charge in [-0.05, 0) is 49.1 Å². The van der Waals surface area contributed by atoms with E-state index in [9.17, 15) is 14.7 Å². The molecular formula is C17H23N3O3S2. The second-order valence-corrected chi connectivity index (χ2v) is 8.10. The van der Waals surface area contributed by atoms with Crippen LogP contribution in [0.1, 0.15) is 24.5 Å². The maximum absolute atomic E-state index is 12.1. The van der Waals surface area contributed by atoms with E-state index in [1.807, 2.05) is 23.0 Å². The predicted molar refractivity (Wildman–Crippen MR) is 103 cm³/mol. The number of likely N-dealkylation sites (tertiary alicyclic amines) is 1. The van der Waals surface area contributed by atoms with Crippen molar-refractivity contribution in [3.05, 3.63) is 34.2 Å². The Bertz CT molecular complexity index is 721. The Morgan fingerprint density at radius 3 is 2.96 bits per heavy atom. The van der Waals surface area contributed by atoms with E-state index in [1.165, 1.54) is 0 Å². The Kier molecular flexibility index (Phi) is 5.68. The fraction of sp³-hybridized carbons (Fsp3) is 0.588. The third kappa shape index (κ3) is 4.00. The van der Waals surface area contributed by atoms with E-state index in [0.717, 1.165) is 31.0 Å². The third-order valence-corrected chi connectivity index (χ3v) is 5.99. The molecule has 2 aliphatic heterocycles. The summed E-state index contributed by atoms with van der Waals surface area (Å²) < 4.78 is 1.88. The number of carbonyl (C=O) groups is 1. The van der Waals surface area contributed by atoms with Gasteiger partial charge >= 0.3 is 5.97 Å². The fourth-order valence-electron chi connectivity index (χ4n) is 3.80. The Morgan fingerprint density at radius 1 is 1.44 bits per heavy atom. The molecular weight excluding hydrogens is 358 g/mol. The van der Waals surface area contributed by atoms with Crippen molar-refractivity contribution in [3.8, 4) is 0 Å². The van der Waals surface area contributed by atoms with Crippen LogP contribution < -0.4 is 10.9 Å². The quantitative estimate of drug-likeness (QED) is 0.746. The maximum Gasteiger partial charge on any atom is 0.326 e. The summed E-state index contributed by atoms with van der Waals surface area (Å²) in [6, 6.07) is 4.78. The van der Waals surface area contributed by atoms with Crippen molar-refractivity contribution in [1.29, 1.82) is 0 Å². The SMILES string of the molecule is CSCC[C@H](NC(=S)N1C[C@@H]2C[C@H](C1)c1cccc(=O)n1C2)C(=O)O. The Labute approximate surface area is 156 Å². The van der Waals surface area contributed by atoms with Gasteiger partial charge in [-0.2, -0.15) is 11.8 Å². The van der Waals surface area contributed by atoms with Crippen LogP contribution in [-0.4, -0.2) is 56.8 Å². The van der Waals surface area contributed by atoms with Gasteiger partial charge in [-0.1, -0.05) is 6.07 Å². The molecule has 3 rings (SSSR count). The van der Waals surface area contributed by atoms with E-state index in [1.54, 1.807) is 17.8 Å². The van der Waals surface area contributed by atoms with Crippen LogP contribution in [0, 0.1) is 5.92 Å². The van der Waals surface area contributed by atoms with Crippen LogP contribution in [0.5, 0.6) is 0 Å². The number of nitrogens with one attached hydrogen (secondary N) is 1. The number of nitrogens with zero attached hydrogens (tertiary/aromatic N) is 2. The fourth-order valence-corrected chi connectivity index (χ4v) is 4.56. The van der Waals surface area contributed by atoms with Gasteiger partial charge in [-0.15, -0.1) is 0 Å². The molecule has 2 bridgehead atoms. The van der Waals surface area contributed by atoms with Gasteiger partial charge in [0.1, 0.15) is 6.04 Å². The summed E-state index contributed by atoms with van der Waals surface area (Å²) in [7, 11) is 0. The van der Waals surface area contributed by atoms with Crippen molar-refractivity contribution in [2.75, 3.05) is 25.1 Å². The molecule has 0 saturated carbocycles. The number of fused-ring (bicyclic) bond motifs is 4. The number of thioether (sulfide) groups is 1. The minimum absolute atomic E-state index is 0.0596. The van der Waals surface area contributed by atoms with Crippen LogP contribution in [0.2, 0.25) is 0 Å².